The van der Waals surface area contributed by atoms with Gasteiger partial charge >= 0.3 is 5.97 Å². The molecule has 6 heteroatoms. The maximum atomic E-state index is 12.6. The van der Waals surface area contributed by atoms with E-state index in [-0.39, 0.29) is 18.4 Å². The molecule has 1 fully saturated rings. The minimum absolute atomic E-state index is 0.0610. The van der Waals surface area contributed by atoms with Gasteiger partial charge in [0.2, 0.25) is 5.91 Å². The van der Waals surface area contributed by atoms with Crippen molar-refractivity contribution in [2.24, 2.45) is 0 Å². The molecule has 0 saturated carbocycles. The number of amides is 1. The van der Waals surface area contributed by atoms with Crippen molar-refractivity contribution in [3.05, 3.63) is 29.8 Å². The summed E-state index contributed by atoms with van der Waals surface area (Å²) < 4.78 is 10.8. The monoisotopic (exact) mass is 305 g/mol. The van der Waals surface area contributed by atoms with Crippen LogP contribution in [0.15, 0.2) is 24.3 Å². The second-order valence-corrected chi connectivity index (χ2v) is 5.59. The summed E-state index contributed by atoms with van der Waals surface area (Å²) in [6.45, 7) is 1.37. The number of para-hydroxylation sites is 1. The van der Waals surface area contributed by atoms with E-state index in [2.05, 4.69) is 0 Å². The number of morpholine rings is 1. The van der Waals surface area contributed by atoms with Crippen LogP contribution in [0.2, 0.25) is 0 Å². The molecule has 22 heavy (non-hydrogen) atoms. The van der Waals surface area contributed by atoms with Crippen LogP contribution in [-0.4, -0.2) is 54.3 Å². The number of carboxylic acids is 1. The Morgan fingerprint density at radius 3 is 2.91 bits per heavy atom. The van der Waals surface area contributed by atoms with Crippen LogP contribution in [0.4, 0.5) is 0 Å². The fourth-order valence-electron chi connectivity index (χ4n) is 3.06. The number of aliphatic carboxylic acids is 1. The molecule has 0 bridgehead atoms. The number of carboxylic acid groups (broad SMARTS) is 1. The number of benzene rings is 1. The molecule has 1 aromatic rings. The van der Waals surface area contributed by atoms with Crippen molar-refractivity contribution in [3.8, 4) is 5.75 Å². The van der Waals surface area contributed by atoms with Crippen LogP contribution in [0, 0.1) is 0 Å². The van der Waals surface area contributed by atoms with Gasteiger partial charge in [0, 0.05) is 13.0 Å². The van der Waals surface area contributed by atoms with Crippen LogP contribution < -0.4 is 4.74 Å². The largest absolute Gasteiger partial charge is 0.493 e. The number of carbonyl (C=O) groups is 2. The van der Waals surface area contributed by atoms with Crippen molar-refractivity contribution in [2.45, 2.75) is 24.8 Å². The summed E-state index contributed by atoms with van der Waals surface area (Å²) in [7, 11) is 0. The molecule has 0 unspecified atom stereocenters. The van der Waals surface area contributed by atoms with Crippen LogP contribution >= 0.6 is 0 Å². The SMILES string of the molecule is O=C(O)[C@@H]1COCCN1C(=O)C[C@H]1CCOc2ccccc21. The quantitative estimate of drug-likeness (QED) is 0.909. The van der Waals surface area contributed by atoms with E-state index >= 15 is 0 Å². The average Bonchev–Trinajstić information content (AvgIpc) is 2.55. The molecule has 2 heterocycles. The maximum absolute atomic E-state index is 12.6. The highest BCUT2D eigenvalue weighted by Gasteiger charge is 2.34. The Labute approximate surface area is 128 Å². The molecule has 118 valence electrons. The lowest BCUT2D eigenvalue weighted by Gasteiger charge is -2.34. The zero-order chi connectivity index (χ0) is 15.5. The van der Waals surface area contributed by atoms with Gasteiger partial charge in [-0.2, -0.15) is 0 Å². The van der Waals surface area contributed by atoms with Gasteiger partial charge < -0.3 is 19.5 Å². The Balaban J connectivity index is 1.73. The first kappa shape index (κ1) is 14.8. The Morgan fingerprint density at radius 1 is 1.27 bits per heavy atom. The molecule has 2 atom stereocenters. The lowest BCUT2D eigenvalue weighted by molar-refractivity contribution is -0.158. The van der Waals surface area contributed by atoms with Crippen molar-refractivity contribution in [1.82, 2.24) is 4.90 Å². The van der Waals surface area contributed by atoms with Crippen LogP contribution in [0.5, 0.6) is 5.75 Å². The predicted molar refractivity (Wildman–Crippen MR) is 77.9 cm³/mol. The first-order valence-corrected chi connectivity index (χ1v) is 7.48. The summed E-state index contributed by atoms with van der Waals surface area (Å²) >= 11 is 0. The molecular weight excluding hydrogens is 286 g/mol. The molecule has 1 amide bonds. The van der Waals surface area contributed by atoms with Crippen molar-refractivity contribution in [3.63, 3.8) is 0 Å². The summed E-state index contributed by atoms with van der Waals surface area (Å²) in [6.07, 6.45) is 1.08. The zero-order valence-corrected chi connectivity index (χ0v) is 12.2. The van der Waals surface area contributed by atoms with Crippen molar-refractivity contribution in [1.29, 1.82) is 0 Å². The average molecular weight is 305 g/mol. The van der Waals surface area contributed by atoms with Crippen molar-refractivity contribution in [2.75, 3.05) is 26.4 Å². The first-order chi connectivity index (χ1) is 10.7. The first-order valence-electron chi connectivity index (χ1n) is 7.48. The van der Waals surface area contributed by atoms with Gasteiger partial charge in [-0.15, -0.1) is 0 Å². The van der Waals surface area contributed by atoms with Gasteiger partial charge in [-0.1, -0.05) is 18.2 Å². The van der Waals surface area contributed by atoms with Gasteiger partial charge in [0.1, 0.15) is 5.75 Å². The Kier molecular flexibility index (Phi) is 4.29. The third-order valence-electron chi connectivity index (χ3n) is 4.24. The van der Waals surface area contributed by atoms with E-state index in [0.717, 1.165) is 17.7 Å². The second kappa shape index (κ2) is 6.36. The minimum Gasteiger partial charge on any atom is -0.493 e. The molecule has 1 saturated heterocycles. The third-order valence-corrected chi connectivity index (χ3v) is 4.24. The molecule has 0 radical (unpaired) electrons. The lowest BCUT2D eigenvalue weighted by Crippen LogP contribution is -2.52. The molecule has 1 N–H and O–H groups in total. The molecule has 3 rings (SSSR count). The summed E-state index contributed by atoms with van der Waals surface area (Å²) in [6, 6.07) is 6.84. The molecule has 0 spiro atoms. The normalized spacial score (nSPS) is 24.3. The third kappa shape index (κ3) is 2.92. The molecule has 2 aliphatic heterocycles. The van der Waals surface area contributed by atoms with E-state index in [1.54, 1.807) is 0 Å². The summed E-state index contributed by atoms with van der Waals surface area (Å²) in [5.41, 5.74) is 1.03. The number of hydrogen-bond acceptors (Lipinski definition) is 4. The summed E-state index contributed by atoms with van der Waals surface area (Å²) in [5.74, 6) is -0.240. The summed E-state index contributed by atoms with van der Waals surface area (Å²) in [5, 5.41) is 9.23. The number of nitrogens with zero attached hydrogens (tertiary/aromatic N) is 1. The standard InChI is InChI=1S/C16H19NO5/c18-15(17-6-8-21-10-13(17)16(19)20)9-11-5-7-22-14-4-2-1-3-12(11)14/h1-4,11,13H,5-10H2,(H,19,20)/t11-,13+/m1/s1. The Morgan fingerprint density at radius 2 is 2.09 bits per heavy atom. The van der Waals surface area contributed by atoms with Crippen molar-refractivity contribution >= 4 is 11.9 Å². The molecule has 2 aliphatic rings. The fraction of sp³-hybridized carbons (Fsp3) is 0.500. The number of fused-ring (bicyclic) bond motifs is 1. The zero-order valence-electron chi connectivity index (χ0n) is 12.2. The van der Waals surface area contributed by atoms with Gasteiger partial charge in [0.15, 0.2) is 6.04 Å². The highest BCUT2D eigenvalue weighted by Crippen LogP contribution is 2.36. The molecular formula is C16H19NO5. The van der Waals surface area contributed by atoms with Crippen LogP contribution in [-0.2, 0) is 14.3 Å². The van der Waals surface area contributed by atoms with E-state index in [9.17, 15) is 14.7 Å². The van der Waals surface area contributed by atoms with Gasteiger partial charge in [0.05, 0.1) is 19.8 Å². The lowest BCUT2D eigenvalue weighted by atomic mass is 9.89. The Bertz CT molecular complexity index is 573. The molecule has 0 aromatic heterocycles. The van der Waals surface area contributed by atoms with Crippen LogP contribution in [0.1, 0.15) is 24.3 Å². The maximum Gasteiger partial charge on any atom is 0.328 e. The minimum atomic E-state index is -1.01. The highest BCUT2D eigenvalue weighted by atomic mass is 16.5. The molecule has 0 aliphatic carbocycles. The highest BCUT2D eigenvalue weighted by molar-refractivity contribution is 5.84. The molecule has 6 nitrogen and oxygen atoms in total. The van der Waals surface area contributed by atoms with Gasteiger partial charge in [-0.3, -0.25) is 4.79 Å². The van der Waals surface area contributed by atoms with Gasteiger partial charge in [-0.05, 0) is 24.0 Å². The second-order valence-electron chi connectivity index (χ2n) is 5.59. The number of carbonyl (C=O) groups excluding carboxylic acids is 1. The smallest absolute Gasteiger partial charge is 0.328 e. The number of hydrogen-bond donors (Lipinski definition) is 1. The number of rotatable bonds is 3. The molecule has 1 aromatic carbocycles. The van der Waals surface area contributed by atoms with Crippen LogP contribution in [0.25, 0.3) is 0 Å². The van der Waals surface area contributed by atoms with E-state index in [4.69, 9.17) is 9.47 Å². The van der Waals surface area contributed by atoms with Gasteiger partial charge in [-0.25, -0.2) is 4.79 Å². The topological polar surface area (TPSA) is 76.1 Å². The van der Waals surface area contributed by atoms with E-state index in [1.807, 2.05) is 24.3 Å². The Hall–Kier alpha value is -2.08. The van der Waals surface area contributed by atoms with E-state index < -0.39 is 12.0 Å². The van der Waals surface area contributed by atoms with Crippen molar-refractivity contribution < 1.29 is 24.2 Å². The number of ether oxygens (including phenoxy) is 2. The van der Waals surface area contributed by atoms with Gasteiger partial charge in [0.25, 0.3) is 0 Å². The van der Waals surface area contributed by atoms with E-state index in [0.29, 0.717) is 26.2 Å². The van der Waals surface area contributed by atoms with E-state index in [1.165, 1.54) is 4.90 Å². The predicted octanol–water partition coefficient (Wildman–Crippen LogP) is 1.25. The summed E-state index contributed by atoms with van der Waals surface area (Å²) in [4.78, 5) is 25.3. The fourth-order valence-corrected chi connectivity index (χ4v) is 3.06. The van der Waals surface area contributed by atoms with Crippen LogP contribution in [0.3, 0.4) is 0 Å².